The SMILES string of the molecule is N#CCCN(Cc1cccnc1)C(=O)CCCOc1ccc2c(c1)CCC(=O)N2. The topological polar surface area (TPSA) is 95.3 Å². The van der Waals surface area contributed by atoms with Crippen LogP contribution in [0.25, 0.3) is 0 Å². The summed E-state index contributed by atoms with van der Waals surface area (Å²) in [5.41, 5.74) is 2.85. The lowest BCUT2D eigenvalue weighted by Crippen LogP contribution is -2.31. The number of aryl methyl sites for hydroxylation is 1. The van der Waals surface area contributed by atoms with Crippen LogP contribution in [-0.2, 0) is 22.6 Å². The Labute approximate surface area is 170 Å². The zero-order chi connectivity index (χ0) is 20.5. The monoisotopic (exact) mass is 392 g/mol. The first-order valence-corrected chi connectivity index (χ1v) is 9.75. The first-order chi connectivity index (χ1) is 14.2. The number of rotatable bonds is 9. The van der Waals surface area contributed by atoms with Crippen LogP contribution in [0.4, 0.5) is 5.69 Å². The van der Waals surface area contributed by atoms with Gasteiger partial charge in [-0.2, -0.15) is 5.26 Å². The minimum atomic E-state index is 0.000793. The lowest BCUT2D eigenvalue weighted by atomic mass is 10.0. The van der Waals surface area contributed by atoms with Gasteiger partial charge in [0.1, 0.15) is 5.75 Å². The highest BCUT2D eigenvalue weighted by molar-refractivity contribution is 5.94. The standard InChI is InChI=1S/C22H24N4O3/c23-10-3-12-26(16-17-4-1-11-24-15-17)22(28)5-2-13-29-19-7-8-20-18(14-19)6-9-21(27)25-20/h1,4,7-8,11,14-15H,2-3,5-6,9,12-13,16H2,(H,25,27). The van der Waals surface area contributed by atoms with E-state index in [0.29, 0.717) is 51.8 Å². The van der Waals surface area contributed by atoms with Gasteiger partial charge in [-0.3, -0.25) is 14.6 Å². The van der Waals surface area contributed by atoms with E-state index in [4.69, 9.17) is 10.00 Å². The number of aromatic nitrogens is 1. The number of carbonyl (C=O) groups is 2. The molecule has 0 saturated heterocycles. The van der Waals surface area contributed by atoms with Gasteiger partial charge in [-0.15, -0.1) is 0 Å². The number of ether oxygens (including phenoxy) is 1. The summed E-state index contributed by atoms with van der Waals surface area (Å²) in [5, 5.41) is 11.7. The zero-order valence-corrected chi connectivity index (χ0v) is 16.3. The molecule has 150 valence electrons. The average molecular weight is 392 g/mol. The number of pyridine rings is 1. The minimum Gasteiger partial charge on any atom is -0.494 e. The molecule has 7 nitrogen and oxygen atoms in total. The molecule has 1 aliphatic rings. The molecule has 2 heterocycles. The highest BCUT2D eigenvalue weighted by Crippen LogP contribution is 2.26. The Balaban J connectivity index is 1.47. The third-order valence-corrected chi connectivity index (χ3v) is 4.72. The van der Waals surface area contributed by atoms with Crippen molar-refractivity contribution in [3.8, 4) is 11.8 Å². The first kappa shape index (κ1) is 20.3. The third-order valence-electron chi connectivity index (χ3n) is 4.72. The Morgan fingerprint density at radius 2 is 2.21 bits per heavy atom. The van der Waals surface area contributed by atoms with Crippen molar-refractivity contribution in [2.24, 2.45) is 0 Å². The molecule has 0 atom stereocenters. The van der Waals surface area contributed by atoms with Crippen molar-refractivity contribution in [3.05, 3.63) is 53.9 Å². The van der Waals surface area contributed by atoms with Crippen LogP contribution in [0.1, 0.15) is 36.8 Å². The Hall–Kier alpha value is -3.40. The summed E-state index contributed by atoms with van der Waals surface area (Å²) in [4.78, 5) is 29.8. The van der Waals surface area contributed by atoms with E-state index in [1.807, 2.05) is 30.3 Å². The number of anilines is 1. The highest BCUT2D eigenvalue weighted by Gasteiger charge is 2.16. The molecule has 0 aliphatic carbocycles. The van der Waals surface area contributed by atoms with Crippen molar-refractivity contribution < 1.29 is 14.3 Å². The van der Waals surface area contributed by atoms with Gasteiger partial charge in [0, 0.05) is 44.0 Å². The normalized spacial score (nSPS) is 12.4. The van der Waals surface area contributed by atoms with E-state index in [-0.39, 0.29) is 11.8 Å². The fourth-order valence-electron chi connectivity index (χ4n) is 3.21. The highest BCUT2D eigenvalue weighted by atomic mass is 16.5. The van der Waals surface area contributed by atoms with Crippen molar-refractivity contribution in [1.29, 1.82) is 5.26 Å². The number of nitrogens with one attached hydrogen (secondary N) is 1. The van der Waals surface area contributed by atoms with E-state index >= 15 is 0 Å². The largest absolute Gasteiger partial charge is 0.494 e. The fraction of sp³-hybridized carbons (Fsp3) is 0.364. The zero-order valence-electron chi connectivity index (χ0n) is 16.3. The lowest BCUT2D eigenvalue weighted by Gasteiger charge is -2.22. The summed E-state index contributed by atoms with van der Waals surface area (Å²) >= 11 is 0. The maximum absolute atomic E-state index is 12.6. The number of amides is 2. The maximum Gasteiger partial charge on any atom is 0.224 e. The molecular weight excluding hydrogens is 368 g/mol. The Bertz CT molecular complexity index is 893. The quantitative estimate of drug-likeness (QED) is 0.662. The molecule has 1 N–H and O–H groups in total. The van der Waals surface area contributed by atoms with E-state index in [1.165, 1.54) is 0 Å². The number of carbonyl (C=O) groups excluding carboxylic acids is 2. The van der Waals surface area contributed by atoms with Crippen LogP contribution >= 0.6 is 0 Å². The minimum absolute atomic E-state index is 0.000793. The molecule has 0 radical (unpaired) electrons. The summed E-state index contributed by atoms with van der Waals surface area (Å²) in [7, 11) is 0. The molecule has 0 fully saturated rings. The number of nitriles is 1. The summed E-state index contributed by atoms with van der Waals surface area (Å²) in [6.45, 7) is 1.28. The van der Waals surface area contributed by atoms with Crippen LogP contribution in [0.3, 0.4) is 0 Å². The van der Waals surface area contributed by atoms with E-state index in [9.17, 15) is 9.59 Å². The molecule has 2 aromatic rings. The summed E-state index contributed by atoms with van der Waals surface area (Å²) < 4.78 is 5.78. The summed E-state index contributed by atoms with van der Waals surface area (Å²) in [6.07, 6.45) is 5.86. The fourth-order valence-corrected chi connectivity index (χ4v) is 3.21. The van der Waals surface area contributed by atoms with Crippen molar-refractivity contribution in [2.75, 3.05) is 18.5 Å². The number of fused-ring (bicyclic) bond motifs is 1. The van der Waals surface area contributed by atoms with Crippen molar-refractivity contribution in [1.82, 2.24) is 9.88 Å². The van der Waals surface area contributed by atoms with Gasteiger partial charge in [-0.05, 0) is 48.2 Å². The number of hydrogen-bond acceptors (Lipinski definition) is 5. The van der Waals surface area contributed by atoms with Gasteiger partial charge >= 0.3 is 0 Å². The molecule has 1 aromatic carbocycles. The molecule has 0 unspecified atom stereocenters. The predicted octanol–water partition coefficient (Wildman–Crippen LogP) is 3.07. The second-order valence-electron chi connectivity index (χ2n) is 6.90. The predicted molar refractivity (Wildman–Crippen MR) is 108 cm³/mol. The van der Waals surface area contributed by atoms with Crippen LogP contribution in [0.15, 0.2) is 42.7 Å². The molecular formula is C22H24N4O3. The van der Waals surface area contributed by atoms with Gasteiger partial charge in [-0.1, -0.05) is 6.07 Å². The van der Waals surface area contributed by atoms with Crippen LogP contribution in [0, 0.1) is 11.3 Å². The molecule has 0 saturated carbocycles. The summed E-state index contributed by atoms with van der Waals surface area (Å²) in [6, 6.07) is 11.5. The van der Waals surface area contributed by atoms with Crippen LogP contribution < -0.4 is 10.1 Å². The molecule has 0 bridgehead atoms. The lowest BCUT2D eigenvalue weighted by molar-refractivity contribution is -0.132. The Morgan fingerprint density at radius 3 is 3.00 bits per heavy atom. The second kappa shape index (κ2) is 10.2. The smallest absolute Gasteiger partial charge is 0.224 e. The Morgan fingerprint density at radius 1 is 1.31 bits per heavy atom. The number of benzene rings is 1. The molecule has 29 heavy (non-hydrogen) atoms. The Kier molecular flexibility index (Phi) is 7.17. The van der Waals surface area contributed by atoms with Crippen LogP contribution in [-0.4, -0.2) is 34.8 Å². The van der Waals surface area contributed by atoms with Gasteiger partial charge in [0.25, 0.3) is 0 Å². The van der Waals surface area contributed by atoms with Crippen LogP contribution in [0.2, 0.25) is 0 Å². The second-order valence-corrected chi connectivity index (χ2v) is 6.90. The van der Waals surface area contributed by atoms with Crippen LogP contribution in [0.5, 0.6) is 5.75 Å². The third kappa shape index (κ3) is 6.04. The number of nitrogens with zero attached hydrogens (tertiary/aromatic N) is 3. The first-order valence-electron chi connectivity index (χ1n) is 9.75. The molecule has 1 aromatic heterocycles. The number of hydrogen-bond donors (Lipinski definition) is 1. The van der Waals surface area contributed by atoms with E-state index in [0.717, 1.165) is 22.6 Å². The van der Waals surface area contributed by atoms with Gasteiger partial charge in [0.2, 0.25) is 11.8 Å². The molecule has 3 rings (SSSR count). The van der Waals surface area contributed by atoms with Crippen molar-refractivity contribution in [3.63, 3.8) is 0 Å². The van der Waals surface area contributed by atoms with E-state index in [1.54, 1.807) is 17.3 Å². The molecule has 2 amide bonds. The van der Waals surface area contributed by atoms with E-state index < -0.39 is 0 Å². The van der Waals surface area contributed by atoms with Crippen molar-refractivity contribution in [2.45, 2.75) is 38.6 Å². The summed E-state index contributed by atoms with van der Waals surface area (Å²) in [5.74, 6) is 0.779. The molecule has 1 aliphatic heterocycles. The van der Waals surface area contributed by atoms with Gasteiger partial charge in [-0.25, -0.2) is 0 Å². The van der Waals surface area contributed by atoms with E-state index in [2.05, 4.69) is 16.4 Å². The maximum atomic E-state index is 12.6. The van der Waals surface area contributed by atoms with Gasteiger partial charge in [0.05, 0.1) is 19.1 Å². The molecule has 7 heteroatoms. The molecule has 0 spiro atoms. The van der Waals surface area contributed by atoms with Gasteiger partial charge < -0.3 is 15.0 Å². The van der Waals surface area contributed by atoms with Gasteiger partial charge in [0.15, 0.2) is 0 Å². The van der Waals surface area contributed by atoms with Crippen molar-refractivity contribution >= 4 is 17.5 Å². The average Bonchev–Trinajstić information content (AvgIpc) is 2.74.